The van der Waals surface area contributed by atoms with E-state index in [1.807, 2.05) is 12.1 Å². The summed E-state index contributed by atoms with van der Waals surface area (Å²) >= 11 is 0. The number of hydrogen-bond donors (Lipinski definition) is 3. The molecule has 7 heteroatoms. The average molecular weight is 531 g/mol. The normalized spacial score (nSPS) is 27.1. The van der Waals surface area contributed by atoms with E-state index in [0.717, 1.165) is 37.7 Å². The van der Waals surface area contributed by atoms with E-state index in [0.29, 0.717) is 43.3 Å². The summed E-state index contributed by atoms with van der Waals surface area (Å²) in [6, 6.07) is 5.96. The summed E-state index contributed by atoms with van der Waals surface area (Å²) in [5, 5.41) is 30.7. The Hall–Kier alpha value is -2.12. The molecular weight excluding hydrogens is 484 g/mol. The molecule has 212 valence electrons. The summed E-state index contributed by atoms with van der Waals surface area (Å²) in [5.74, 6) is 0.496. The number of hydrogen-bond acceptors (Lipinski definition) is 6. The van der Waals surface area contributed by atoms with Crippen molar-refractivity contribution in [3.63, 3.8) is 0 Å². The van der Waals surface area contributed by atoms with E-state index in [2.05, 4.69) is 33.8 Å². The van der Waals surface area contributed by atoms with Gasteiger partial charge in [0.15, 0.2) is 6.61 Å². The molecule has 1 unspecified atom stereocenters. The van der Waals surface area contributed by atoms with Crippen LogP contribution in [0.5, 0.6) is 5.75 Å². The van der Waals surface area contributed by atoms with Crippen molar-refractivity contribution >= 4 is 11.9 Å². The van der Waals surface area contributed by atoms with Crippen LogP contribution in [0.15, 0.2) is 18.2 Å². The number of esters is 1. The molecule has 1 aromatic rings. The second-order valence-electron chi connectivity index (χ2n) is 13.4. The minimum Gasteiger partial charge on any atom is -0.482 e. The van der Waals surface area contributed by atoms with Crippen molar-refractivity contribution in [3.8, 4) is 5.75 Å². The van der Waals surface area contributed by atoms with Crippen LogP contribution in [0.2, 0.25) is 0 Å². The van der Waals surface area contributed by atoms with Crippen LogP contribution in [-0.4, -0.2) is 51.7 Å². The van der Waals surface area contributed by atoms with Gasteiger partial charge in [0, 0.05) is 6.42 Å². The molecule has 0 bridgehead atoms. The fourth-order valence-electron chi connectivity index (χ4n) is 6.97. The van der Waals surface area contributed by atoms with E-state index in [4.69, 9.17) is 14.6 Å². The van der Waals surface area contributed by atoms with Crippen LogP contribution in [0.4, 0.5) is 0 Å². The zero-order chi connectivity index (χ0) is 27.7. The van der Waals surface area contributed by atoms with E-state index in [1.165, 1.54) is 5.56 Å². The molecule has 2 fully saturated rings. The Kier molecular flexibility index (Phi) is 8.78. The topological polar surface area (TPSA) is 113 Å². The van der Waals surface area contributed by atoms with Crippen LogP contribution in [0, 0.1) is 29.1 Å². The number of ether oxygens (including phenoxy) is 2. The number of benzene rings is 1. The number of rotatable bonds is 12. The molecule has 4 rings (SSSR count). The molecule has 0 amide bonds. The second-order valence-corrected chi connectivity index (χ2v) is 13.4. The second kappa shape index (κ2) is 11.5. The monoisotopic (exact) mass is 530 g/mol. The number of carboxylic acids is 1. The standard InChI is InChI=1S/C31H46O7/c1-19(17-30(2,3)4)25(32)9-8-22-23-14-20-6-5-7-27(24(20)15-21(23)16-26(22)33)37-18-29(36)38-31(12-13-31)11-10-28(34)35/h5-7,19,21-23,25-26,32-33H,8-18H2,1-4H3,(H,34,35)/t19?,21-,22+,23-,25+,26+/m0/s1. The number of carbonyl (C=O) groups is 2. The zero-order valence-electron chi connectivity index (χ0n) is 23.4. The summed E-state index contributed by atoms with van der Waals surface area (Å²) in [6.07, 6.45) is 5.98. The van der Waals surface area contributed by atoms with Crippen molar-refractivity contribution in [1.29, 1.82) is 0 Å². The highest BCUT2D eigenvalue weighted by Crippen LogP contribution is 2.49. The summed E-state index contributed by atoms with van der Waals surface area (Å²) in [6.45, 7) is 8.53. The fraction of sp³-hybridized carbons (Fsp3) is 0.742. The maximum Gasteiger partial charge on any atom is 0.344 e. The van der Waals surface area contributed by atoms with Gasteiger partial charge in [0.25, 0.3) is 0 Å². The molecule has 7 nitrogen and oxygen atoms in total. The predicted octanol–water partition coefficient (Wildman–Crippen LogP) is 4.93. The van der Waals surface area contributed by atoms with Gasteiger partial charge in [-0.1, -0.05) is 39.8 Å². The van der Waals surface area contributed by atoms with Crippen molar-refractivity contribution in [3.05, 3.63) is 29.3 Å². The van der Waals surface area contributed by atoms with Crippen LogP contribution in [0.25, 0.3) is 0 Å². The number of carbonyl (C=O) groups excluding carboxylic acids is 1. The van der Waals surface area contributed by atoms with E-state index < -0.39 is 17.5 Å². The molecule has 3 N–H and O–H groups in total. The highest BCUT2D eigenvalue weighted by Gasteiger charge is 2.47. The van der Waals surface area contributed by atoms with Gasteiger partial charge in [0.1, 0.15) is 11.4 Å². The van der Waals surface area contributed by atoms with Crippen LogP contribution in [0.1, 0.15) is 90.2 Å². The number of aliphatic hydroxyl groups excluding tert-OH is 2. The van der Waals surface area contributed by atoms with Gasteiger partial charge < -0.3 is 24.8 Å². The lowest BCUT2D eigenvalue weighted by atomic mass is 9.73. The van der Waals surface area contributed by atoms with Gasteiger partial charge in [-0.2, -0.15) is 0 Å². The van der Waals surface area contributed by atoms with Gasteiger partial charge in [-0.3, -0.25) is 4.79 Å². The van der Waals surface area contributed by atoms with Crippen molar-refractivity contribution in [2.75, 3.05) is 6.61 Å². The molecule has 0 radical (unpaired) electrons. The summed E-state index contributed by atoms with van der Waals surface area (Å²) in [7, 11) is 0. The first kappa shape index (κ1) is 28.9. The first-order chi connectivity index (χ1) is 17.9. The Labute approximate surface area is 226 Å². The Morgan fingerprint density at radius 3 is 2.58 bits per heavy atom. The molecule has 1 aromatic carbocycles. The molecule has 3 aliphatic rings. The number of carboxylic acid groups (broad SMARTS) is 1. The molecule has 0 spiro atoms. The third-order valence-corrected chi connectivity index (χ3v) is 9.01. The van der Waals surface area contributed by atoms with E-state index in [9.17, 15) is 19.8 Å². The SMILES string of the molecule is CC(CC(C)(C)C)[C@H](O)CC[C@@H]1[C@H]2Cc3cccc(OCC(=O)OC4(CCC(=O)O)CC4)c3C[C@H]2C[C@H]1O. The highest BCUT2D eigenvalue weighted by molar-refractivity contribution is 5.72. The lowest BCUT2D eigenvalue weighted by molar-refractivity contribution is -0.155. The Morgan fingerprint density at radius 2 is 1.92 bits per heavy atom. The lowest BCUT2D eigenvalue weighted by Crippen LogP contribution is -2.29. The smallest absolute Gasteiger partial charge is 0.344 e. The average Bonchev–Trinajstić information content (AvgIpc) is 3.52. The highest BCUT2D eigenvalue weighted by atomic mass is 16.6. The van der Waals surface area contributed by atoms with E-state index in [-0.39, 0.29) is 42.5 Å². The van der Waals surface area contributed by atoms with Crippen LogP contribution < -0.4 is 4.74 Å². The van der Waals surface area contributed by atoms with Gasteiger partial charge in [0.2, 0.25) is 0 Å². The van der Waals surface area contributed by atoms with Gasteiger partial charge >= 0.3 is 11.9 Å². The van der Waals surface area contributed by atoms with Crippen molar-refractivity contribution in [2.24, 2.45) is 29.1 Å². The van der Waals surface area contributed by atoms with Gasteiger partial charge in [-0.05, 0) is 104 Å². The van der Waals surface area contributed by atoms with Crippen molar-refractivity contribution < 1.29 is 34.4 Å². The maximum absolute atomic E-state index is 12.5. The first-order valence-corrected chi connectivity index (χ1v) is 14.4. The lowest BCUT2D eigenvalue weighted by Gasteiger charge is -2.33. The fourth-order valence-corrected chi connectivity index (χ4v) is 6.97. The molecule has 0 saturated heterocycles. The molecular formula is C31H46O7. The molecule has 38 heavy (non-hydrogen) atoms. The summed E-state index contributed by atoms with van der Waals surface area (Å²) in [4.78, 5) is 23.3. The minimum atomic E-state index is -0.886. The molecule has 0 aliphatic heterocycles. The molecule has 2 saturated carbocycles. The molecule has 6 atom stereocenters. The summed E-state index contributed by atoms with van der Waals surface area (Å²) < 4.78 is 11.5. The summed E-state index contributed by atoms with van der Waals surface area (Å²) in [5.41, 5.74) is 1.87. The quantitative estimate of drug-likeness (QED) is 0.328. The largest absolute Gasteiger partial charge is 0.482 e. The predicted molar refractivity (Wildman–Crippen MR) is 144 cm³/mol. The minimum absolute atomic E-state index is 0.00929. The van der Waals surface area contributed by atoms with Crippen LogP contribution in [-0.2, 0) is 27.2 Å². The third kappa shape index (κ3) is 7.29. The number of fused-ring (bicyclic) bond motifs is 2. The Morgan fingerprint density at radius 1 is 1.18 bits per heavy atom. The van der Waals surface area contributed by atoms with Crippen molar-refractivity contribution in [1.82, 2.24) is 0 Å². The Balaban J connectivity index is 1.33. The maximum atomic E-state index is 12.5. The third-order valence-electron chi connectivity index (χ3n) is 9.01. The van der Waals surface area contributed by atoms with Crippen molar-refractivity contribution in [2.45, 2.75) is 110 Å². The zero-order valence-corrected chi connectivity index (χ0v) is 23.4. The van der Waals surface area contributed by atoms with Gasteiger partial charge in [0.05, 0.1) is 12.2 Å². The van der Waals surface area contributed by atoms with E-state index >= 15 is 0 Å². The number of aliphatic carboxylic acids is 1. The van der Waals surface area contributed by atoms with Gasteiger partial charge in [-0.15, -0.1) is 0 Å². The van der Waals surface area contributed by atoms with Gasteiger partial charge in [-0.25, -0.2) is 4.79 Å². The van der Waals surface area contributed by atoms with E-state index in [1.54, 1.807) is 0 Å². The first-order valence-electron chi connectivity index (χ1n) is 14.4. The Bertz CT molecular complexity index is 992. The van der Waals surface area contributed by atoms with Crippen LogP contribution in [0.3, 0.4) is 0 Å². The van der Waals surface area contributed by atoms with Crippen LogP contribution >= 0.6 is 0 Å². The molecule has 0 heterocycles. The molecule has 3 aliphatic carbocycles. The molecule has 0 aromatic heterocycles. The number of aliphatic hydroxyl groups is 2.